The van der Waals surface area contributed by atoms with Crippen LogP contribution in [0.25, 0.3) is 27.6 Å². The van der Waals surface area contributed by atoms with Crippen LogP contribution >= 0.6 is 11.8 Å². The summed E-state index contributed by atoms with van der Waals surface area (Å²) in [6.07, 6.45) is -4.39. The summed E-state index contributed by atoms with van der Waals surface area (Å²) in [6, 6.07) is 19.7. The molecule has 0 aliphatic carbocycles. The summed E-state index contributed by atoms with van der Waals surface area (Å²) in [7, 11) is 0. The Morgan fingerprint density at radius 3 is 2.40 bits per heavy atom. The lowest BCUT2D eigenvalue weighted by Gasteiger charge is -2.13. The van der Waals surface area contributed by atoms with Gasteiger partial charge in [-0.15, -0.1) is 0 Å². The Bertz CT molecular complexity index is 1560. The fourth-order valence-electron chi connectivity index (χ4n) is 3.86. The first-order valence-electron chi connectivity index (χ1n) is 10.9. The van der Waals surface area contributed by atoms with E-state index in [0.717, 1.165) is 23.0 Å². The van der Waals surface area contributed by atoms with Gasteiger partial charge in [-0.05, 0) is 55.0 Å². The van der Waals surface area contributed by atoms with Gasteiger partial charge in [0.05, 0.1) is 17.9 Å². The number of benzene rings is 3. The van der Waals surface area contributed by atoms with Crippen molar-refractivity contribution >= 4 is 33.7 Å². The zero-order valence-corrected chi connectivity index (χ0v) is 19.4. The smallest absolute Gasteiger partial charge is 0.416 e. The summed E-state index contributed by atoms with van der Waals surface area (Å²) in [6.45, 7) is 2.41. The first kappa shape index (κ1) is 23.0. The standard InChI is InChI=1S/C26H20F3N3O2S/c1-2-34-19-13-11-18(12-14-19)32-24(33)23-22(20-5-3-4-6-21(20)30-23)31-25(32)35-15-16-7-9-17(10-8-16)26(27,28)29/h3-14,30H,2,15H2,1H3. The minimum atomic E-state index is -4.39. The van der Waals surface area contributed by atoms with E-state index in [2.05, 4.69) is 4.98 Å². The summed E-state index contributed by atoms with van der Waals surface area (Å²) >= 11 is 1.29. The normalized spacial score (nSPS) is 11.9. The quantitative estimate of drug-likeness (QED) is 0.214. The molecule has 35 heavy (non-hydrogen) atoms. The summed E-state index contributed by atoms with van der Waals surface area (Å²) in [4.78, 5) is 21.6. The van der Waals surface area contributed by atoms with Gasteiger partial charge >= 0.3 is 6.18 Å². The van der Waals surface area contributed by atoms with E-state index in [4.69, 9.17) is 9.72 Å². The second-order valence-corrected chi connectivity index (χ2v) is 8.78. The van der Waals surface area contributed by atoms with E-state index in [0.29, 0.717) is 45.5 Å². The highest BCUT2D eigenvalue weighted by Crippen LogP contribution is 2.31. The molecule has 1 N–H and O–H groups in total. The summed E-state index contributed by atoms with van der Waals surface area (Å²) in [5.41, 5.74) is 2.09. The number of aromatic amines is 1. The Morgan fingerprint density at radius 1 is 1.00 bits per heavy atom. The zero-order valence-electron chi connectivity index (χ0n) is 18.6. The number of aromatic nitrogens is 3. The maximum absolute atomic E-state index is 13.6. The summed E-state index contributed by atoms with van der Waals surface area (Å²) in [5, 5.41) is 1.27. The van der Waals surface area contributed by atoms with E-state index in [1.165, 1.54) is 28.5 Å². The van der Waals surface area contributed by atoms with E-state index >= 15 is 0 Å². The van der Waals surface area contributed by atoms with E-state index in [1.807, 2.05) is 31.2 Å². The van der Waals surface area contributed by atoms with Gasteiger partial charge in [-0.2, -0.15) is 13.2 Å². The Balaban J connectivity index is 1.59. The third kappa shape index (κ3) is 4.51. The predicted molar refractivity (Wildman–Crippen MR) is 131 cm³/mol. The summed E-state index contributed by atoms with van der Waals surface area (Å²) in [5.74, 6) is 1.03. The molecular formula is C26H20F3N3O2S. The van der Waals surface area contributed by atoms with Crippen LogP contribution in [0.4, 0.5) is 13.2 Å². The van der Waals surface area contributed by atoms with Crippen molar-refractivity contribution in [2.24, 2.45) is 0 Å². The number of hydrogen-bond acceptors (Lipinski definition) is 4. The third-order valence-corrected chi connectivity index (χ3v) is 6.56. The van der Waals surface area contributed by atoms with Crippen molar-refractivity contribution in [3.05, 3.63) is 94.3 Å². The first-order valence-corrected chi connectivity index (χ1v) is 11.9. The van der Waals surface area contributed by atoms with Crippen LogP contribution in [0, 0.1) is 0 Å². The molecule has 0 spiro atoms. The highest BCUT2D eigenvalue weighted by Gasteiger charge is 2.30. The van der Waals surface area contributed by atoms with Crippen molar-refractivity contribution in [3.63, 3.8) is 0 Å². The molecule has 0 atom stereocenters. The average molecular weight is 496 g/mol. The van der Waals surface area contributed by atoms with Crippen LogP contribution < -0.4 is 10.3 Å². The van der Waals surface area contributed by atoms with E-state index in [-0.39, 0.29) is 5.56 Å². The SMILES string of the molecule is CCOc1ccc(-n2c(SCc3ccc(C(F)(F)F)cc3)nc3c([nH]c4ccccc43)c2=O)cc1. The number of fused-ring (bicyclic) bond motifs is 3. The van der Waals surface area contributed by atoms with Gasteiger partial charge < -0.3 is 9.72 Å². The molecule has 5 rings (SSSR count). The highest BCUT2D eigenvalue weighted by molar-refractivity contribution is 7.98. The number of halogens is 3. The Labute approximate surface area is 202 Å². The molecular weight excluding hydrogens is 475 g/mol. The van der Waals surface area contributed by atoms with Gasteiger partial charge in [0.2, 0.25) is 0 Å². The van der Waals surface area contributed by atoms with Crippen LogP contribution in [0.2, 0.25) is 0 Å². The Kier molecular flexibility index (Phi) is 6.02. The topological polar surface area (TPSA) is 59.9 Å². The van der Waals surface area contributed by atoms with Gasteiger partial charge in [0, 0.05) is 16.7 Å². The van der Waals surface area contributed by atoms with E-state index < -0.39 is 11.7 Å². The minimum absolute atomic E-state index is 0.259. The number of alkyl halides is 3. The maximum atomic E-state index is 13.6. The molecule has 9 heteroatoms. The van der Waals surface area contributed by atoms with Crippen LogP contribution in [0.5, 0.6) is 5.75 Å². The zero-order chi connectivity index (χ0) is 24.6. The maximum Gasteiger partial charge on any atom is 0.416 e. The van der Waals surface area contributed by atoms with Crippen LogP contribution in [-0.2, 0) is 11.9 Å². The molecule has 0 bridgehead atoms. The van der Waals surface area contributed by atoms with Crippen molar-refractivity contribution in [2.45, 2.75) is 24.0 Å². The van der Waals surface area contributed by atoms with Crippen molar-refractivity contribution in [1.82, 2.24) is 14.5 Å². The Hall–Kier alpha value is -3.72. The van der Waals surface area contributed by atoms with Gasteiger partial charge in [-0.25, -0.2) is 4.98 Å². The number of ether oxygens (including phenoxy) is 1. The van der Waals surface area contributed by atoms with Crippen LogP contribution in [-0.4, -0.2) is 21.1 Å². The predicted octanol–water partition coefficient (Wildman–Crippen LogP) is 6.58. The molecule has 178 valence electrons. The second kappa shape index (κ2) is 9.14. The van der Waals surface area contributed by atoms with Crippen LogP contribution in [0.15, 0.2) is 82.7 Å². The molecule has 0 aliphatic heterocycles. The number of hydrogen-bond donors (Lipinski definition) is 1. The highest BCUT2D eigenvalue weighted by atomic mass is 32.2. The molecule has 5 aromatic rings. The summed E-state index contributed by atoms with van der Waals surface area (Å²) < 4.78 is 45.8. The number of para-hydroxylation sites is 1. The largest absolute Gasteiger partial charge is 0.494 e. The van der Waals surface area contributed by atoms with Crippen molar-refractivity contribution in [1.29, 1.82) is 0 Å². The van der Waals surface area contributed by atoms with Crippen LogP contribution in [0.1, 0.15) is 18.1 Å². The monoisotopic (exact) mass is 495 g/mol. The van der Waals surface area contributed by atoms with Crippen molar-refractivity contribution in [2.75, 3.05) is 6.61 Å². The molecule has 0 saturated carbocycles. The number of thioether (sulfide) groups is 1. The second-order valence-electron chi connectivity index (χ2n) is 7.84. The lowest BCUT2D eigenvalue weighted by molar-refractivity contribution is -0.137. The molecule has 2 heterocycles. The first-order chi connectivity index (χ1) is 16.8. The molecule has 5 nitrogen and oxygen atoms in total. The minimum Gasteiger partial charge on any atom is -0.494 e. The molecule has 0 radical (unpaired) electrons. The number of H-pyrrole nitrogens is 1. The van der Waals surface area contributed by atoms with Gasteiger partial charge in [0.1, 0.15) is 16.8 Å². The number of rotatable bonds is 6. The number of nitrogens with one attached hydrogen (secondary N) is 1. The van der Waals surface area contributed by atoms with Gasteiger partial charge in [-0.1, -0.05) is 42.1 Å². The lowest BCUT2D eigenvalue weighted by Crippen LogP contribution is -2.21. The molecule has 3 aromatic carbocycles. The van der Waals surface area contributed by atoms with Gasteiger partial charge in [-0.3, -0.25) is 9.36 Å². The lowest BCUT2D eigenvalue weighted by atomic mass is 10.1. The molecule has 0 aliphatic rings. The molecule has 0 unspecified atom stereocenters. The van der Waals surface area contributed by atoms with Gasteiger partial charge in [0.25, 0.3) is 5.56 Å². The number of nitrogens with zero attached hydrogens (tertiary/aromatic N) is 2. The van der Waals surface area contributed by atoms with Crippen molar-refractivity contribution in [3.8, 4) is 11.4 Å². The van der Waals surface area contributed by atoms with Gasteiger partial charge in [0.15, 0.2) is 5.16 Å². The fraction of sp³-hybridized carbons (Fsp3) is 0.154. The van der Waals surface area contributed by atoms with Crippen LogP contribution in [0.3, 0.4) is 0 Å². The molecule has 0 amide bonds. The fourth-order valence-corrected chi connectivity index (χ4v) is 4.82. The Morgan fingerprint density at radius 2 is 1.71 bits per heavy atom. The van der Waals surface area contributed by atoms with Crippen molar-refractivity contribution < 1.29 is 17.9 Å². The van der Waals surface area contributed by atoms with E-state index in [9.17, 15) is 18.0 Å². The molecule has 0 saturated heterocycles. The molecule has 0 fully saturated rings. The third-order valence-electron chi connectivity index (χ3n) is 5.55. The molecule has 2 aromatic heterocycles. The average Bonchev–Trinajstić information content (AvgIpc) is 3.23. The van der Waals surface area contributed by atoms with E-state index in [1.54, 1.807) is 24.3 Å².